The van der Waals surface area contributed by atoms with Crippen LogP contribution < -0.4 is 0 Å². The second-order valence-electron chi connectivity index (χ2n) is 2.67. The van der Waals surface area contributed by atoms with Crippen molar-refractivity contribution in [2.24, 2.45) is 0 Å². The molecule has 0 radical (unpaired) electrons. The van der Waals surface area contributed by atoms with Crippen molar-refractivity contribution in [3.63, 3.8) is 0 Å². The van der Waals surface area contributed by atoms with E-state index >= 15 is 0 Å². The summed E-state index contributed by atoms with van der Waals surface area (Å²) in [5.41, 5.74) is 0.670. The fourth-order valence-corrected chi connectivity index (χ4v) is 2.39. The van der Waals surface area contributed by atoms with Gasteiger partial charge in [0.25, 0.3) is 0 Å². The van der Waals surface area contributed by atoms with Crippen LogP contribution in [0.15, 0.2) is 21.0 Å². The first kappa shape index (κ1) is 11.0. The number of fused-ring (bicyclic) bond motifs is 1. The first-order valence-electron chi connectivity index (χ1n) is 3.92. The standard InChI is InChI=1S/C7H7BrN4OS2/c1-14-6-5-9-3-4(8)12(5)11-7(10-6)15(2)13/h3H,1-2H3. The fraction of sp³-hybridized carbons (Fsp3) is 0.286. The molecule has 1 atom stereocenters. The van der Waals surface area contributed by atoms with Gasteiger partial charge in [-0.25, -0.2) is 14.5 Å². The Morgan fingerprint density at radius 3 is 2.93 bits per heavy atom. The molecule has 0 spiro atoms. The topological polar surface area (TPSA) is 60.2 Å². The summed E-state index contributed by atoms with van der Waals surface area (Å²) in [6.45, 7) is 0. The lowest BCUT2D eigenvalue weighted by molar-refractivity contribution is 0.664. The van der Waals surface area contributed by atoms with Gasteiger partial charge in [0.2, 0.25) is 5.16 Å². The van der Waals surface area contributed by atoms with Crippen molar-refractivity contribution >= 4 is 44.1 Å². The third-order valence-electron chi connectivity index (χ3n) is 1.72. The molecule has 0 aliphatic carbocycles. The summed E-state index contributed by atoms with van der Waals surface area (Å²) in [6, 6.07) is 0. The zero-order valence-electron chi connectivity index (χ0n) is 7.97. The molecule has 0 bridgehead atoms. The van der Waals surface area contributed by atoms with Gasteiger partial charge >= 0.3 is 0 Å². The Bertz CT molecular complexity index is 541. The minimum Gasteiger partial charge on any atom is -0.251 e. The molecule has 0 N–H and O–H groups in total. The predicted molar refractivity (Wildman–Crippen MR) is 62.6 cm³/mol. The molecule has 0 aliphatic heterocycles. The van der Waals surface area contributed by atoms with E-state index in [1.165, 1.54) is 11.8 Å². The minimum absolute atomic E-state index is 0.311. The van der Waals surface area contributed by atoms with E-state index in [0.717, 1.165) is 9.63 Å². The molecule has 2 aromatic rings. The van der Waals surface area contributed by atoms with Crippen LogP contribution in [-0.4, -0.2) is 36.3 Å². The van der Waals surface area contributed by atoms with E-state index in [4.69, 9.17) is 0 Å². The Hall–Kier alpha value is -0.470. The number of imidazole rings is 1. The van der Waals surface area contributed by atoms with Gasteiger partial charge in [-0.2, -0.15) is 0 Å². The molecule has 0 saturated heterocycles. The molecule has 2 rings (SSSR count). The van der Waals surface area contributed by atoms with Gasteiger partial charge in [0.05, 0.1) is 17.0 Å². The molecular formula is C7H7BrN4OS2. The van der Waals surface area contributed by atoms with Crippen molar-refractivity contribution in [3.8, 4) is 0 Å². The van der Waals surface area contributed by atoms with E-state index in [-0.39, 0.29) is 0 Å². The Balaban J connectivity index is 2.79. The summed E-state index contributed by atoms with van der Waals surface area (Å²) in [6.07, 6.45) is 5.09. The van der Waals surface area contributed by atoms with Gasteiger partial charge in [-0.1, -0.05) is 0 Å². The first-order chi connectivity index (χ1) is 7.13. The van der Waals surface area contributed by atoms with Crippen molar-refractivity contribution in [3.05, 3.63) is 10.8 Å². The van der Waals surface area contributed by atoms with Crippen LogP contribution in [-0.2, 0) is 10.8 Å². The molecule has 15 heavy (non-hydrogen) atoms. The molecule has 80 valence electrons. The number of hydrogen-bond acceptors (Lipinski definition) is 5. The maximum Gasteiger partial charge on any atom is 0.238 e. The van der Waals surface area contributed by atoms with E-state index in [1.807, 2.05) is 6.26 Å². The Labute approximate surface area is 101 Å². The van der Waals surface area contributed by atoms with Crippen LogP contribution >= 0.6 is 27.7 Å². The van der Waals surface area contributed by atoms with Crippen molar-refractivity contribution in [2.75, 3.05) is 12.5 Å². The number of nitrogens with zero attached hydrogens (tertiary/aromatic N) is 4. The van der Waals surface area contributed by atoms with Crippen molar-refractivity contribution in [1.29, 1.82) is 0 Å². The number of halogens is 1. The lowest BCUT2D eigenvalue weighted by atomic mass is 10.8. The molecule has 2 aromatic heterocycles. The van der Waals surface area contributed by atoms with Crippen LogP contribution in [0.4, 0.5) is 0 Å². The molecule has 1 unspecified atom stereocenters. The van der Waals surface area contributed by atoms with Gasteiger partial charge in [0, 0.05) is 6.26 Å². The Kier molecular flexibility index (Phi) is 3.08. The molecule has 0 aromatic carbocycles. The monoisotopic (exact) mass is 306 g/mol. The Morgan fingerprint density at radius 1 is 1.60 bits per heavy atom. The van der Waals surface area contributed by atoms with Gasteiger partial charge in [-0.3, -0.25) is 4.21 Å². The summed E-state index contributed by atoms with van der Waals surface area (Å²) in [5.74, 6) is 0. The number of thioether (sulfide) groups is 1. The largest absolute Gasteiger partial charge is 0.251 e. The highest BCUT2D eigenvalue weighted by molar-refractivity contribution is 9.10. The summed E-state index contributed by atoms with van der Waals surface area (Å²) in [7, 11) is -1.19. The second kappa shape index (κ2) is 4.18. The predicted octanol–water partition coefficient (Wildman–Crippen LogP) is 1.35. The maximum atomic E-state index is 11.3. The normalized spacial score (nSPS) is 13.3. The van der Waals surface area contributed by atoms with Gasteiger partial charge in [-0.05, 0) is 22.2 Å². The quantitative estimate of drug-likeness (QED) is 0.784. The Morgan fingerprint density at radius 2 is 2.33 bits per heavy atom. The summed E-state index contributed by atoms with van der Waals surface area (Å²) in [4.78, 5) is 8.34. The minimum atomic E-state index is -1.19. The number of rotatable bonds is 2. The highest BCUT2D eigenvalue weighted by Gasteiger charge is 2.12. The van der Waals surface area contributed by atoms with Crippen LogP contribution in [0.1, 0.15) is 0 Å². The van der Waals surface area contributed by atoms with Crippen molar-refractivity contribution in [1.82, 2.24) is 19.6 Å². The van der Waals surface area contributed by atoms with E-state index < -0.39 is 10.8 Å². The molecule has 0 amide bonds. The van der Waals surface area contributed by atoms with E-state index in [2.05, 4.69) is 31.0 Å². The van der Waals surface area contributed by atoms with Gasteiger partial charge in [-0.15, -0.1) is 16.9 Å². The van der Waals surface area contributed by atoms with Gasteiger partial charge < -0.3 is 0 Å². The molecule has 0 aliphatic rings. The summed E-state index contributed by atoms with van der Waals surface area (Å²) < 4.78 is 13.6. The molecule has 2 heterocycles. The zero-order chi connectivity index (χ0) is 11.0. The molecular weight excluding hydrogens is 300 g/mol. The summed E-state index contributed by atoms with van der Waals surface area (Å²) in [5, 5.41) is 5.16. The maximum absolute atomic E-state index is 11.3. The lowest BCUT2D eigenvalue weighted by Crippen LogP contribution is -2.05. The molecule has 5 nitrogen and oxygen atoms in total. The van der Waals surface area contributed by atoms with Crippen LogP contribution in [0.25, 0.3) is 5.65 Å². The van der Waals surface area contributed by atoms with Gasteiger partial charge in [0.1, 0.15) is 9.63 Å². The fourth-order valence-electron chi connectivity index (χ4n) is 1.07. The van der Waals surface area contributed by atoms with Crippen LogP contribution in [0.2, 0.25) is 0 Å². The second-order valence-corrected chi connectivity index (χ2v) is 5.55. The van der Waals surface area contributed by atoms with Gasteiger partial charge in [0.15, 0.2) is 5.65 Å². The van der Waals surface area contributed by atoms with E-state index in [1.54, 1.807) is 17.0 Å². The molecule has 8 heteroatoms. The van der Waals surface area contributed by atoms with Crippen molar-refractivity contribution in [2.45, 2.75) is 10.2 Å². The number of aromatic nitrogens is 4. The smallest absolute Gasteiger partial charge is 0.238 e. The lowest BCUT2D eigenvalue weighted by Gasteiger charge is -2.01. The number of hydrogen-bond donors (Lipinski definition) is 0. The first-order valence-corrected chi connectivity index (χ1v) is 7.49. The molecule has 0 fully saturated rings. The van der Waals surface area contributed by atoms with Crippen LogP contribution in [0.5, 0.6) is 0 Å². The third-order valence-corrected chi connectivity index (χ3v) is 3.61. The van der Waals surface area contributed by atoms with Crippen LogP contribution in [0.3, 0.4) is 0 Å². The average molecular weight is 307 g/mol. The highest BCUT2D eigenvalue weighted by atomic mass is 79.9. The average Bonchev–Trinajstić information content (AvgIpc) is 2.59. The van der Waals surface area contributed by atoms with Crippen molar-refractivity contribution < 1.29 is 4.21 Å². The summed E-state index contributed by atoms with van der Waals surface area (Å²) >= 11 is 4.77. The third kappa shape index (κ3) is 1.93. The SMILES string of the molecule is CSc1nc(S(C)=O)nn2c(Br)cnc12. The van der Waals surface area contributed by atoms with E-state index in [9.17, 15) is 4.21 Å². The molecule has 0 saturated carbocycles. The zero-order valence-corrected chi connectivity index (χ0v) is 11.2. The highest BCUT2D eigenvalue weighted by Crippen LogP contribution is 2.21. The van der Waals surface area contributed by atoms with Crippen LogP contribution in [0, 0.1) is 0 Å². The van der Waals surface area contributed by atoms with E-state index in [0.29, 0.717) is 10.8 Å².